The van der Waals surface area contributed by atoms with E-state index in [1.807, 2.05) is 27.7 Å². The van der Waals surface area contributed by atoms with Crippen molar-refractivity contribution in [3.05, 3.63) is 83.7 Å². The Balaban J connectivity index is 2.10. The summed E-state index contributed by atoms with van der Waals surface area (Å²) >= 11 is 0. The van der Waals surface area contributed by atoms with E-state index in [9.17, 15) is 22.4 Å². The van der Waals surface area contributed by atoms with E-state index < -0.39 is 39.9 Å². The quantitative estimate of drug-likeness (QED) is 0.306. The highest BCUT2D eigenvalue weighted by Gasteiger charge is 2.35. The molecule has 3 rings (SSSR count). The topological polar surface area (TPSA) is 105 Å². The van der Waals surface area contributed by atoms with Gasteiger partial charge < -0.3 is 19.7 Å². The molecule has 0 aromatic heterocycles. The van der Waals surface area contributed by atoms with Crippen molar-refractivity contribution in [2.75, 3.05) is 25.1 Å². The molecule has 0 unspecified atom stereocenters. The van der Waals surface area contributed by atoms with Gasteiger partial charge in [0.2, 0.25) is 11.8 Å². The Morgan fingerprint density at radius 1 is 0.930 bits per heavy atom. The fourth-order valence-electron chi connectivity index (χ4n) is 4.50. The molecule has 1 atom stereocenters. The second kappa shape index (κ2) is 13.9. The Kier molecular flexibility index (Phi) is 10.8. The van der Waals surface area contributed by atoms with E-state index in [1.54, 1.807) is 31.2 Å². The summed E-state index contributed by atoms with van der Waals surface area (Å²) in [4.78, 5) is 28.8. The molecule has 0 aliphatic carbocycles. The number of aryl methyl sites for hydroxylation is 1. The maximum Gasteiger partial charge on any atom is 0.264 e. The van der Waals surface area contributed by atoms with Gasteiger partial charge in [0.15, 0.2) is 11.5 Å². The zero-order chi connectivity index (χ0) is 31.9. The number of ether oxygens (including phenoxy) is 2. The van der Waals surface area contributed by atoms with Crippen LogP contribution in [0.2, 0.25) is 0 Å². The van der Waals surface area contributed by atoms with Gasteiger partial charge in [-0.15, -0.1) is 0 Å². The summed E-state index contributed by atoms with van der Waals surface area (Å²) in [6.07, 6.45) is 0.266. The van der Waals surface area contributed by atoms with Gasteiger partial charge in [0.25, 0.3) is 10.0 Å². The smallest absolute Gasteiger partial charge is 0.264 e. The van der Waals surface area contributed by atoms with E-state index in [0.29, 0.717) is 11.3 Å². The predicted octanol–water partition coefficient (Wildman–Crippen LogP) is 5.07. The average Bonchev–Trinajstić information content (AvgIpc) is 2.95. The fourth-order valence-corrected chi connectivity index (χ4v) is 5.93. The van der Waals surface area contributed by atoms with Gasteiger partial charge in [0.05, 0.1) is 24.8 Å². The first-order chi connectivity index (χ1) is 20.2. The number of amides is 2. The number of benzene rings is 3. The van der Waals surface area contributed by atoms with Crippen LogP contribution in [-0.4, -0.2) is 57.5 Å². The fraction of sp³-hybridized carbons (Fsp3) is 0.375. The number of hydrogen-bond acceptors (Lipinski definition) is 6. The lowest BCUT2D eigenvalue weighted by molar-refractivity contribution is -0.141. The Bertz CT molecular complexity index is 1520. The molecule has 0 radical (unpaired) electrons. The summed E-state index contributed by atoms with van der Waals surface area (Å²) in [5.74, 6) is -0.868. The summed E-state index contributed by atoms with van der Waals surface area (Å²) in [6, 6.07) is 15.6. The van der Waals surface area contributed by atoms with Crippen molar-refractivity contribution in [3.8, 4) is 11.5 Å². The molecule has 1 N–H and O–H groups in total. The lowest BCUT2D eigenvalue weighted by Crippen LogP contribution is -2.55. The van der Waals surface area contributed by atoms with Gasteiger partial charge in [-0.1, -0.05) is 36.8 Å². The number of nitrogens with zero attached hydrogens (tertiary/aromatic N) is 2. The number of nitrogens with one attached hydrogen (secondary N) is 1. The maximum absolute atomic E-state index is 14.2. The van der Waals surface area contributed by atoms with Crippen LogP contribution in [0.3, 0.4) is 0 Å². The normalized spacial score (nSPS) is 12.3. The van der Waals surface area contributed by atoms with Crippen molar-refractivity contribution in [2.24, 2.45) is 0 Å². The molecule has 0 heterocycles. The van der Waals surface area contributed by atoms with Gasteiger partial charge in [-0.2, -0.15) is 0 Å². The predicted molar refractivity (Wildman–Crippen MR) is 164 cm³/mol. The highest BCUT2D eigenvalue weighted by atomic mass is 32.2. The molecule has 43 heavy (non-hydrogen) atoms. The number of carbonyl (C=O) groups excluding carboxylic acids is 2. The summed E-state index contributed by atoms with van der Waals surface area (Å²) in [5.41, 5.74) is 1.19. The van der Waals surface area contributed by atoms with Crippen LogP contribution < -0.4 is 19.1 Å². The minimum absolute atomic E-state index is 0.0344. The van der Waals surface area contributed by atoms with Gasteiger partial charge in [-0.25, -0.2) is 12.8 Å². The molecular weight excluding hydrogens is 573 g/mol. The van der Waals surface area contributed by atoms with Crippen LogP contribution in [0.1, 0.15) is 45.2 Å². The van der Waals surface area contributed by atoms with E-state index in [0.717, 1.165) is 9.87 Å². The van der Waals surface area contributed by atoms with Crippen LogP contribution in [0.25, 0.3) is 0 Å². The van der Waals surface area contributed by atoms with Crippen LogP contribution in [0.5, 0.6) is 11.5 Å². The summed E-state index contributed by atoms with van der Waals surface area (Å²) < 4.78 is 53.5. The Hall–Kier alpha value is -4.12. The highest BCUT2D eigenvalue weighted by molar-refractivity contribution is 7.92. The molecule has 0 aliphatic heterocycles. The molecule has 3 aromatic carbocycles. The molecular formula is C32H40FN3O6S. The number of anilines is 1. The largest absolute Gasteiger partial charge is 0.493 e. The number of hydrogen-bond donors (Lipinski definition) is 1. The van der Waals surface area contributed by atoms with Crippen LogP contribution in [0.4, 0.5) is 10.1 Å². The first-order valence-electron chi connectivity index (χ1n) is 13.9. The van der Waals surface area contributed by atoms with Crippen molar-refractivity contribution in [1.29, 1.82) is 0 Å². The standard InChI is InChI=1S/C32H40FN3O6S/c1-8-27(31(38)34-32(3,4)5)35(20-23-11-13-24(33)14-12-23)30(37)21-36(25-15-9-22(2)10-16-25)43(39,40)26-17-18-28(41-6)29(19-26)42-7/h9-19,27H,8,20-21H2,1-7H3,(H,34,38)/t27-/m1/s1. The molecule has 232 valence electrons. The van der Waals surface area contributed by atoms with Crippen molar-refractivity contribution in [3.63, 3.8) is 0 Å². The zero-order valence-corrected chi connectivity index (χ0v) is 26.5. The van der Waals surface area contributed by atoms with Gasteiger partial charge in [0.1, 0.15) is 18.4 Å². The first kappa shape index (κ1) is 33.4. The molecule has 2 amide bonds. The zero-order valence-electron chi connectivity index (χ0n) is 25.7. The van der Waals surface area contributed by atoms with Crippen molar-refractivity contribution in [1.82, 2.24) is 10.2 Å². The third-order valence-corrected chi connectivity index (χ3v) is 8.46. The third-order valence-electron chi connectivity index (χ3n) is 6.69. The molecule has 0 saturated heterocycles. The molecule has 0 fully saturated rings. The third kappa shape index (κ3) is 8.47. The average molecular weight is 614 g/mol. The second-order valence-electron chi connectivity index (χ2n) is 11.2. The minimum Gasteiger partial charge on any atom is -0.493 e. The molecule has 11 heteroatoms. The van der Waals surface area contributed by atoms with Gasteiger partial charge in [-0.3, -0.25) is 13.9 Å². The second-order valence-corrected chi connectivity index (χ2v) is 13.0. The summed E-state index contributed by atoms with van der Waals surface area (Å²) in [7, 11) is -1.47. The summed E-state index contributed by atoms with van der Waals surface area (Å²) in [5, 5.41) is 2.92. The molecule has 9 nitrogen and oxygen atoms in total. The Morgan fingerprint density at radius 2 is 1.53 bits per heavy atom. The van der Waals surface area contributed by atoms with Gasteiger partial charge in [0, 0.05) is 18.2 Å². The SMILES string of the molecule is CC[C@H](C(=O)NC(C)(C)C)N(Cc1ccc(F)cc1)C(=O)CN(c1ccc(C)cc1)S(=O)(=O)c1ccc(OC)c(OC)c1. The van der Waals surface area contributed by atoms with Crippen molar-refractivity contribution < 1.29 is 31.9 Å². The number of rotatable bonds is 12. The lowest BCUT2D eigenvalue weighted by Gasteiger charge is -2.34. The first-order valence-corrected chi connectivity index (χ1v) is 15.3. The Morgan fingerprint density at radius 3 is 2.07 bits per heavy atom. The molecule has 0 aliphatic rings. The molecule has 3 aromatic rings. The molecule has 0 bridgehead atoms. The molecule has 0 spiro atoms. The van der Waals surface area contributed by atoms with E-state index in [2.05, 4.69) is 5.32 Å². The summed E-state index contributed by atoms with van der Waals surface area (Å²) in [6.45, 7) is 8.51. The monoisotopic (exact) mass is 613 g/mol. The van der Waals surface area contributed by atoms with E-state index in [1.165, 1.54) is 61.6 Å². The lowest BCUT2D eigenvalue weighted by atomic mass is 10.1. The highest BCUT2D eigenvalue weighted by Crippen LogP contribution is 2.32. The van der Waals surface area contributed by atoms with Gasteiger partial charge in [-0.05, 0) is 76.1 Å². The van der Waals surface area contributed by atoms with Crippen molar-refractivity contribution >= 4 is 27.5 Å². The van der Waals surface area contributed by atoms with Crippen LogP contribution in [-0.2, 0) is 26.2 Å². The maximum atomic E-state index is 14.2. The van der Waals surface area contributed by atoms with Gasteiger partial charge >= 0.3 is 0 Å². The van der Waals surface area contributed by atoms with E-state index in [4.69, 9.17) is 9.47 Å². The van der Waals surface area contributed by atoms with E-state index in [-0.39, 0.29) is 35.2 Å². The van der Waals surface area contributed by atoms with Crippen LogP contribution in [0.15, 0.2) is 71.6 Å². The van der Waals surface area contributed by atoms with Crippen molar-refractivity contribution in [2.45, 2.75) is 64.1 Å². The van der Waals surface area contributed by atoms with Crippen LogP contribution >= 0.6 is 0 Å². The Labute approximate surface area is 253 Å². The van der Waals surface area contributed by atoms with Crippen LogP contribution in [0, 0.1) is 12.7 Å². The number of sulfonamides is 1. The molecule has 0 saturated carbocycles. The number of methoxy groups -OCH3 is 2. The number of carbonyl (C=O) groups is 2. The minimum atomic E-state index is -4.31. The van der Waals surface area contributed by atoms with E-state index >= 15 is 0 Å². The number of halogens is 1.